The maximum atomic E-state index is 14.2. The topological polar surface area (TPSA) is 58.6 Å². The minimum atomic E-state index is -3.93. The summed E-state index contributed by atoms with van der Waals surface area (Å²) in [7, 11) is 0. The summed E-state index contributed by atoms with van der Waals surface area (Å²) in [6.07, 6.45) is -6.09. The fourth-order valence-electron chi connectivity index (χ4n) is 2.47. The number of alkyl halides is 4. The van der Waals surface area contributed by atoms with E-state index in [1.54, 1.807) is 0 Å². The van der Waals surface area contributed by atoms with E-state index < -0.39 is 55.1 Å². The lowest BCUT2D eigenvalue weighted by Crippen LogP contribution is -2.48. The van der Waals surface area contributed by atoms with Gasteiger partial charge in [0.25, 0.3) is 5.92 Å². The molecule has 0 radical (unpaired) electrons. The first kappa shape index (κ1) is 22.5. The van der Waals surface area contributed by atoms with Gasteiger partial charge in [-0.05, 0) is 42.0 Å². The van der Waals surface area contributed by atoms with Crippen LogP contribution in [0.1, 0.15) is 12.0 Å². The van der Waals surface area contributed by atoms with Crippen LogP contribution in [0.4, 0.5) is 26.3 Å². The smallest absolute Gasteiger partial charge is 0.410 e. The molecule has 2 aromatic carbocycles. The number of carbonyl (C=O) groups is 1. The normalized spacial score (nSPS) is 13.2. The van der Waals surface area contributed by atoms with Gasteiger partial charge in [0.15, 0.2) is 0 Å². The second kappa shape index (κ2) is 9.17. The Bertz CT molecular complexity index is 812. The van der Waals surface area contributed by atoms with Crippen molar-refractivity contribution >= 4 is 5.97 Å². The SMILES string of the molecule is O=C(O)C(CC(F)(F)Cc1ccc(F)cc1)NCC(F)(F)Oc1ccc(F)cc1. The van der Waals surface area contributed by atoms with E-state index in [4.69, 9.17) is 5.11 Å². The van der Waals surface area contributed by atoms with Crippen LogP contribution in [0.2, 0.25) is 0 Å². The molecule has 4 nitrogen and oxygen atoms in total. The quantitative estimate of drug-likeness (QED) is 0.564. The zero-order valence-corrected chi connectivity index (χ0v) is 14.8. The van der Waals surface area contributed by atoms with Crippen LogP contribution in [0.3, 0.4) is 0 Å². The molecule has 29 heavy (non-hydrogen) atoms. The molecular weight excluding hydrogens is 404 g/mol. The second-order valence-electron chi connectivity index (χ2n) is 6.33. The molecule has 1 unspecified atom stereocenters. The molecule has 0 aliphatic carbocycles. The van der Waals surface area contributed by atoms with Gasteiger partial charge in [-0.2, -0.15) is 8.78 Å². The molecule has 0 aromatic heterocycles. The number of carboxylic acid groups (broad SMARTS) is 1. The standard InChI is InChI=1S/C19H17F6NO3/c20-13-3-1-12(2-4-13)9-18(22,23)10-16(17(27)28)26-11-19(24,25)29-15-7-5-14(21)6-8-15/h1-8,16,26H,9-11H2,(H,27,28). The molecule has 2 aromatic rings. The van der Waals surface area contributed by atoms with E-state index in [0.717, 1.165) is 48.5 Å². The minimum Gasteiger partial charge on any atom is -0.480 e. The molecule has 0 amide bonds. The Morgan fingerprint density at radius 2 is 1.48 bits per heavy atom. The van der Waals surface area contributed by atoms with Gasteiger partial charge in [0, 0.05) is 12.8 Å². The Balaban J connectivity index is 1.96. The van der Waals surface area contributed by atoms with Crippen LogP contribution in [0.5, 0.6) is 5.75 Å². The predicted octanol–water partition coefficient (Wildman–Crippen LogP) is 4.25. The monoisotopic (exact) mass is 421 g/mol. The summed E-state index contributed by atoms with van der Waals surface area (Å²) in [4.78, 5) is 11.2. The molecule has 1 atom stereocenters. The zero-order chi connectivity index (χ0) is 21.7. The summed E-state index contributed by atoms with van der Waals surface area (Å²) in [5, 5.41) is 10.9. The lowest BCUT2D eigenvalue weighted by molar-refractivity contribution is -0.175. The molecule has 0 aliphatic rings. The second-order valence-corrected chi connectivity index (χ2v) is 6.33. The number of hydrogen-bond donors (Lipinski definition) is 2. The highest BCUT2D eigenvalue weighted by Gasteiger charge is 2.39. The van der Waals surface area contributed by atoms with Gasteiger partial charge in [-0.15, -0.1) is 0 Å². The van der Waals surface area contributed by atoms with Crippen LogP contribution in [0.15, 0.2) is 48.5 Å². The van der Waals surface area contributed by atoms with E-state index in [1.165, 1.54) is 0 Å². The summed E-state index contributed by atoms with van der Waals surface area (Å²) < 4.78 is 86.0. The van der Waals surface area contributed by atoms with Gasteiger partial charge in [-0.25, -0.2) is 17.6 Å². The van der Waals surface area contributed by atoms with E-state index in [0.29, 0.717) is 0 Å². The number of nitrogens with one attached hydrogen (secondary N) is 1. The van der Waals surface area contributed by atoms with Gasteiger partial charge >= 0.3 is 12.1 Å². The Morgan fingerprint density at radius 1 is 0.966 bits per heavy atom. The molecule has 0 heterocycles. The lowest BCUT2D eigenvalue weighted by Gasteiger charge is -2.24. The van der Waals surface area contributed by atoms with Gasteiger partial charge < -0.3 is 9.84 Å². The number of rotatable bonds is 10. The lowest BCUT2D eigenvalue weighted by atomic mass is 10.0. The maximum Gasteiger partial charge on any atom is 0.410 e. The number of ether oxygens (including phenoxy) is 1. The van der Waals surface area contributed by atoms with Gasteiger partial charge in [0.1, 0.15) is 30.0 Å². The summed E-state index contributed by atoms with van der Waals surface area (Å²) >= 11 is 0. The minimum absolute atomic E-state index is 0.0607. The third-order valence-corrected chi connectivity index (χ3v) is 3.81. The average molecular weight is 421 g/mol. The predicted molar refractivity (Wildman–Crippen MR) is 91.1 cm³/mol. The third-order valence-electron chi connectivity index (χ3n) is 3.81. The van der Waals surface area contributed by atoms with Crippen LogP contribution >= 0.6 is 0 Å². The summed E-state index contributed by atoms with van der Waals surface area (Å²) in [6, 6.07) is 5.85. The Kier molecular flexibility index (Phi) is 7.12. The first-order valence-corrected chi connectivity index (χ1v) is 8.37. The van der Waals surface area contributed by atoms with Crippen molar-refractivity contribution < 1.29 is 41.0 Å². The Hall–Kier alpha value is -2.75. The Labute approximate surface area is 162 Å². The molecule has 2 N–H and O–H groups in total. The van der Waals surface area contributed by atoms with Crippen molar-refractivity contribution in [1.82, 2.24) is 5.32 Å². The molecule has 0 spiro atoms. The van der Waals surface area contributed by atoms with Crippen LogP contribution in [-0.2, 0) is 11.2 Å². The Morgan fingerprint density at radius 3 is 2.00 bits per heavy atom. The van der Waals surface area contributed by atoms with Crippen molar-refractivity contribution in [2.24, 2.45) is 0 Å². The van der Waals surface area contributed by atoms with Crippen LogP contribution < -0.4 is 10.1 Å². The average Bonchev–Trinajstić information content (AvgIpc) is 2.62. The molecule has 0 bridgehead atoms. The van der Waals surface area contributed by atoms with Crippen LogP contribution in [0, 0.1) is 11.6 Å². The molecule has 2 rings (SSSR count). The molecule has 0 saturated carbocycles. The third kappa shape index (κ3) is 7.65. The van der Waals surface area contributed by atoms with Gasteiger partial charge in [0.2, 0.25) is 0 Å². The molecule has 10 heteroatoms. The van der Waals surface area contributed by atoms with Gasteiger partial charge in [-0.1, -0.05) is 12.1 Å². The van der Waals surface area contributed by atoms with Crippen molar-refractivity contribution in [3.8, 4) is 5.75 Å². The zero-order valence-electron chi connectivity index (χ0n) is 14.8. The van der Waals surface area contributed by atoms with E-state index in [2.05, 4.69) is 4.74 Å². The van der Waals surface area contributed by atoms with Crippen molar-refractivity contribution in [2.75, 3.05) is 6.54 Å². The van der Waals surface area contributed by atoms with E-state index in [9.17, 15) is 31.1 Å². The van der Waals surface area contributed by atoms with Crippen molar-refractivity contribution in [3.05, 3.63) is 65.7 Å². The molecule has 0 saturated heterocycles. The fourth-order valence-corrected chi connectivity index (χ4v) is 2.47. The van der Waals surface area contributed by atoms with Gasteiger partial charge in [-0.3, -0.25) is 10.1 Å². The van der Waals surface area contributed by atoms with Crippen molar-refractivity contribution in [3.63, 3.8) is 0 Å². The van der Waals surface area contributed by atoms with Crippen molar-refractivity contribution in [1.29, 1.82) is 0 Å². The first-order chi connectivity index (χ1) is 13.5. The van der Waals surface area contributed by atoms with E-state index >= 15 is 0 Å². The molecule has 0 aliphatic heterocycles. The van der Waals surface area contributed by atoms with Crippen LogP contribution in [-0.4, -0.2) is 35.7 Å². The van der Waals surface area contributed by atoms with Crippen LogP contribution in [0.25, 0.3) is 0 Å². The molecule has 0 fully saturated rings. The van der Waals surface area contributed by atoms with E-state index in [-0.39, 0.29) is 11.3 Å². The fraction of sp³-hybridized carbons (Fsp3) is 0.316. The summed E-state index contributed by atoms with van der Waals surface area (Å²) in [5.74, 6) is -6.98. The highest BCUT2D eigenvalue weighted by molar-refractivity contribution is 5.73. The summed E-state index contributed by atoms with van der Waals surface area (Å²) in [6.45, 7) is -1.37. The largest absolute Gasteiger partial charge is 0.480 e. The number of carboxylic acids is 1. The first-order valence-electron chi connectivity index (χ1n) is 8.37. The number of hydrogen-bond acceptors (Lipinski definition) is 3. The van der Waals surface area contributed by atoms with Gasteiger partial charge in [0.05, 0.1) is 0 Å². The number of aliphatic carboxylic acids is 1. The molecule has 158 valence electrons. The number of benzene rings is 2. The molecular formula is C19H17F6NO3. The maximum absolute atomic E-state index is 14.2. The highest BCUT2D eigenvalue weighted by atomic mass is 19.3. The van der Waals surface area contributed by atoms with E-state index in [1.807, 2.05) is 5.32 Å². The van der Waals surface area contributed by atoms with Crippen molar-refractivity contribution in [2.45, 2.75) is 30.9 Å². The summed E-state index contributed by atoms with van der Waals surface area (Å²) in [5.41, 5.74) is 0.0607. The number of halogens is 6. The highest BCUT2D eigenvalue weighted by Crippen LogP contribution is 2.27.